The van der Waals surface area contributed by atoms with Gasteiger partial charge in [0.2, 0.25) is 5.91 Å². The van der Waals surface area contributed by atoms with Crippen molar-refractivity contribution < 1.29 is 14.3 Å². The predicted molar refractivity (Wildman–Crippen MR) is 87.9 cm³/mol. The van der Waals surface area contributed by atoms with Gasteiger partial charge in [-0.15, -0.1) is 0 Å². The predicted octanol–water partition coefficient (Wildman–Crippen LogP) is 1.85. The number of ether oxygens (including phenoxy) is 1. The second-order valence-corrected chi connectivity index (χ2v) is 6.09. The van der Waals surface area contributed by atoms with Gasteiger partial charge in [0.25, 0.3) is 5.91 Å². The van der Waals surface area contributed by atoms with Crippen LogP contribution in [0.25, 0.3) is 0 Å². The van der Waals surface area contributed by atoms with Gasteiger partial charge in [-0.25, -0.2) is 0 Å². The first-order valence-electron chi connectivity index (χ1n) is 8.07. The monoisotopic (exact) mass is 322 g/mol. The first kappa shape index (κ1) is 14.9. The summed E-state index contributed by atoms with van der Waals surface area (Å²) >= 11 is 0. The Labute approximate surface area is 140 Å². The molecule has 2 fully saturated rings. The third-order valence-corrected chi connectivity index (χ3v) is 4.55. The van der Waals surface area contributed by atoms with Gasteiger partial charge in [0.05, 0.1) is 19.0 Å². The lowest BCUT2D eigenvalue weighted by Gasteiger charge is -2.31. The standard InChI is InChI=1S/C19H18N2O3/c22-16-11-17-21(16)12-15(24-17)19(23)20-18(13-7-3-1-4-8-13)14-9-5-2-6-10-14/h1-10,15,17-18H,11-12H2,(H,20,23)/t15-,17+/m1/s1. The molecule has 2 atom stereocenters. The largest absolute Gasteiger partial charge is 0.343 e. The number of amides is 2. The molecule has 2 aromatic carbocycles. The summed E-state index contributed by atoms with van der Waals surface area (Å²) in [6.45, 7) is 0.339. The van der Waals surface area contributed by atoms with Crippen molar-refractivity contribution in [3.8, 4) is 0 Å². The minimum Gasteiger partial charge on any atom is -0.343 e. The number of β-lactam (4-membered cyclic amide) rings is 1. The Hall–Kier alpha value is -2.66. The van der Waals surface area contributed by atoms with Crippen molar-refractivity contribution in [3.63, 3.8) is 0 Å². The molecule has 0 bridgehead atoms. The van der Waals surface area contributed by atoms with E-state index in [1.807, 2.05) is 60.7 Å². The summed E-state index contributed by atoms with van der Waals surface area (Å²) in [7, 11) is 0. The fraction of sp³-hybridized carbons (Fsp3) is 0.263. The van der Waals surface area contributed by atoms with Crippen LogP contribution in [0.1, 0.15) is 23.6 Å². The molecular formula is C19H18N2O3. The molecule has 0 spiro atoms. The van der Waals surface area contributed by atoms with Crippen LogP contribution in [-0.4, -0.2) is 35.6 Å². The van der Waals surface area contributed by atoms with E-state index in [0.717, 1.165) is 11.1 Å². The number of nitrogens with one attached hydrogen (secondary N) is 1. The van der Waals surface area contributed by atoms with Crippen LogP contribution >= 0.6 is 0 Å². The van der Waals surface area contributed by atoms with E-state index in [0.29, 0.717) is 13.0 Å². The average Bonchev–Trinajstić information content (AvgIpc) is 2.98. The maximum Gasteiger partial charge on any atom is 0.251 e. The topological polar surface area (TPSA) is 58.6 Å². The van der Waals surface area contributed by atoms with Crippen LogP contribution in [0.15, 0.2) is 60.7 Å². The number of hydrogen-bond donors (Lipinski definition) is 1. The van der Waals surface area contributed by atoms with Crippen LogP contribution in [0.3, 0.4) is 0 Å². The second-order valence-electron chi connectivity index (χ2n) is 6.09. The van der Waals surface area contributed by atoms with Crippen LogP contribution in [0.4, 0.5) is 0 Å². The number of hydrogen-bond acceptors (Lipinski definition) is 3. The first-order chi connectivity index (χ1) is 11.7. The highest BCUT2D eigenvalue weighted by atomic mass is 16.5. The summed E-state index contributed by atoms with van der Waals surface area (Å²) in [5.41, 5.74) is 2.02. The van der Waals surface area contributed by atoms with Gasteiger partial charge in [-0.1, -0.05) is 60.7 Å². The summed E-state index contributed by atoms with van der Waals surface area (Å²) in [6.07, 6.45) is -0.443. The molecule has 0 unspecified atom stereocenters. The van der Waals surface area contributed by atoms with Crippen LogP contribution in [-0.2, 0) is 14.3 Å². The lowest BCUT2D eigenvalue weighted by Crippen LogP contribution is -2.48. The van der Waals surface area contributed by atoms with E-state index in [9.17, 15) is 9.59 Å². The number of fused-ring (bicyclic) bond motifs is 1. The molecule has 122 valence electrons. The molecule has 2 heterocycles. The van der Waals surface area contributed by atoms with Gasteiger partial charge in [-0.05, 0) is 11.1 Å². The highest BCUT2D eigenvalue weighted by Crippen LogP contribution is 2.29. The van der Waals surface area contributed by atoms with E-state index in [1.165, 1.54) is 0 Å². The highest BCUT2D eigenvalue weighted by molar-refractivity contribution is 5.87. The third-order valence-electron chi connectivity index (χ3n) is 4.55. The fourth-order valence-electron chi connectivity index (χ4n) is 3.21. The zero-order valence-corrected chi connectivity index (χ0v) is 13.1. The Morgan fingerprint density at radius 2 is 1.62 bits per heavy atom. The molecule has 0 aromatic heterocycles. The van der Waals surface area contributed by atoms with Gasteiger partial charge in [0.1, 0.15) is 6.23 Å². The normalized spacial score (nSPS) is 22.2. The molecule has 5 nitrogen and oxygen atoms in total. The summed E-state index contributed by atoms with van der Waals surface area (Å²) in [5, 5.41) is 3.07. The molecule has 0 radical (unpaired) electrons. The molecule has 4 rings (SSSR count). The summed E-state index contributed by atoms with van der Waals surface area (Å²) in [6, 6.07) is 19.4. The Kier molecular flexibility index (Phi) is 3.78. The Balaban J connectivity index is 1.54. The van der Waals surface area contributed by atoms with Gasteiger partial charge in [-0.3, -0.25) is 9.59 Å². The minimum atomic E-state index is -0.601. The Morgan fingerprint density at radius 1 is 1.04 bits per heavy atom. The molecule has 24 heavy (non-hydrogen) atoms. The van der Waals surface area contributed by atoms with Gasteiger partial charge in [0.15, 0.2) is 6.10 Å². The zero-order valence-electron chi connectivity index (χ0n) is 13.1. The van der Waals surface area contributed by atoms with Crippen LogP contribution in [0, 0.1) is 0 Å². The molecule has 2 amide bonds. The summed E-state index contributed by atoms with van der Waals surface area (Å²) in [5.74, 6) is -0.132. The lowest BCUT2D eigenvalue weighted by molar-refractivity contribution is -0.158. The van der Waals surface area contributed by atoms with Crippen molar-refractivity contribution in [3.05, 3.63) is 71.8 Å². The Bertz CT molecular complexity index is 708. The molecule has 1 N–H and O–H groups in total. The zero-order chi connectivity index (χ0) is 16.5. The van der Waals surface area contributed by atoms with Gasteiger partial charge >= 0.3 is 0 Å². The SMILES string of the molecule is O=C(NC(c1ccccc1)c1ccccc1)[C@H]1CN2C(=O)C[C@@H]2O1. The molecule has 0 aliphatic carbocycles. The first-order valence-corrected chi connectivity index (χ1v) is 8.07. The van der Waals surface area contributed by atoms with Crippen LogP contribution in [0.5, 0.6) is 0 Å². The quantitative estimate of drug-likeness (QED) is 0.874. The van der Waals surface area contributed by atoms with E-state index in [4.69, 9.17) is 4.74 Å². The second kappa shape index (κ2) is 6.09. The van der Waals surface area contributed by atoms with Crippen molar-refractivity contribution in [1.29, 1.82) is 0 Å². The molecule has 2 saturated heterocycles. The van der Waals surface area contributed by atoms with Crippen molar-refractivity contribution in [2.24, 2.45) is 0 Å². The van der Waals surface area contributed by atoms with Crippen molar-refractivity contribution in [2.45, 2.75) is 24.8 Å². The van der Waals surface area contributed by atoms with Crippen molar-refractivity contribution in [2.75, 3.05) is 6.54 Å². The number of carbonyl (C=O) groups excluding carboxylic acids is 2. The van der Waals surface area contributed by atoms with Gasteiger partial charge < -0.3 is 15.0 Å². The number of rotatable bonds is 4. The summed E-state index contributed by atoms with van der Waals surface area (Å²) in [4.78, 5) is 25.7. The molecular weight excluding hydrogens is 304 g/mol. The average molecular weight is 322 g/mol. The Morgan fingerprint density at radius 3 is 2.12 bits per heavy atom. The van der Waals surface area contributed by atoms with E-state index >= 15 is 0 Å². The highest BCUT2D eigenvalue weighted by Gasteiger charge is 2.47. The van der Waals surface area contributed by atoms with E-state index in [2.05, 4.69) is 5.32 Å². The maximum atomic E-state index is 12.7. The van der Waals surface area contributed by atoms with Crippen molar-refractivity contribution in [1.82, 2.24) is 10.2 Å². The minimum absolute atomic E-state index is 0.0537. The van der Waals surface area contributed by atoms with Gasteiger partial charge in [-0.2, -0.15) is 0 Å². The molecule has 5 heteroatoms. The summed E-state index contributed by atoms with van der Waals surface area (Å²) < 4.78 is 5.66. The number of nitrogens with zero attached hydrogens (tertiary/aromatic N) is 1. The lowest BCUT2D eigenvalue weighted by atomic mass is 9.98. The molecule has 2 aliphatic rings. The molecule has 2 aromatic rings. The molecule has 0 saturated carbocycles. The third kappa shape index (κ3) is 2.67. The van der Waals surface area contributed by atoms with Crippen LogP contribution < -0.4 is 5.32 Å². The number of carbonyl (C=O) groups is 2. The molecule has 2 aliphatic heterocycles. The maximum absolute atomic E-state index is 12.7. The van der Waals surface area contributed by atoms with E-state index in [1.54, 1.807) is 4.90 Å². The van der Waals surface area contributed by atoms with Crippen LogP contribution in [0.2, 0.25) is 0 Å². The fourth-order valence-corrected chi connectivity index (χ4v) is 3.21. The van der Waals surface area contributed by atoms with Crippen molar-refractivity contribution >= 4 is 11.8 Å². The van der Waals surface area contributed by atoms with E-state index in [-0.39, 0.29) is 24.1 Å². The van der Waals surface area contributed by atoms with Gasteiger partial charge in [0, 0.05) is 0 Å². The van der Waals surface area contributed by atoms with E-state index < -0.39 is 6.10 Å². The number of benzene rings is 2. The smallest absolute Gasteiger partial charge is 0.251 e.